The van der Waals surface area contributed by atoms with Gasteiger partial charge in [-0.05, 0) is 48.5 Å². The van der Waals surface area contributed by atoms with Gasteiger partial charge in [-0.15, -0.1) is 0 Å². The molecule has 2 aromatic carbocycles. The first-order chi connectivity index (χ1) is 15.1. The highest BCUT2D eigenvalue weighted by molar-refractivity contribution is 6.24. The highest BCUT2D eigenvalue weighted by atomic mass is 16.7. The largest absolute Gasteiger partial charge is 0.467 e. The fourth-order valence-electron chi connectivity index (χ4n) is 4.08. The van der Waals surface area contributed by atoms with Crippen molar-refractivity contribution in [3.05, 3.63) is 84.3 Å². The molecule has 31 heavy (non-hydrogen) atoms. The van der Waals surface area contributed by atoms with Crippen molar-refractivity contribution in [3.8, 4) is 0 Å². The second kappa shape index (κ2) is 7.41. The number of amides is 2. The number of imide groups is 1. The van der Waals surface area contributed by atoms with Gasteiger partial charge in [-0.25, -0.2) is 14.8 Å². The van der Waals surface area contributed by atoms with Gasteiger partial charge in [0, 0.05) is 0 Å². The zero-order valence-electron chi connectivity index (χ0n) is 16.5. The summed E-state index contributed by atoms with van der Waals surface area (Å²) in [5.74, 6) is -1.60. The van der Waals surface area contributed by atoms with Crippen LogP contribution in [0.4, 0.5) is 11.4 Å². The molecule has 2 aliphatic heterocycles. The van der Waals surface area contributed by atoms with Crippen LogP contribution in [0.15, 0.2) is 77.4 Å². The van der Waals surface area contributed by atoms with Crippen LogP contribution in [0.2, 0.25) is 0 Å². The summed E-state index contributed by atoms with van der Waals surface area (Å²) >= 11 is 0. The number of esters is 1. The van der Waals surface area contributed by atoms with Crippen molar-refractivity contribution in [2.45, 2.75) is 12.1 Å². The second-order valence-electron chi connectivity index (χ2n) is 7.22. The Kier molecular flexibility index (Phi) is 4.56. The Morgan fingerprint density at radius 2 is 1.65 bits per heavy atom. The lowest BCUT2D eigenvalue weighted by atomic mass is 9.94. The minimum atomic E-state index is -0.983. The molecule has 2 aliphatic rings. The molecular formula is C23H18N2O6. The van der Waals surface area contributed by atoms with E-state index in [-0.39, 0.29) is 5.91 Å². The molecule has 0 radical (unpaired) electrons. The van der Waals surface area contributed by atoms with Gasteiger partial charge in [0.1, 0.15) is 17.7 Å². The Balaban J connectivity index is 1.51. The van der Waals surface area contributed by atoms with Gasteiger partial charge < -0.3 is 9.15 Å². The van der Waals surface area contributed by atoms with Gasteiger partial charge in [0.05, 0.1) is 30.3 Å². The third-order valence-corrected chi connectivity index (χ3v) is 5.51. The Bertz CT molecular complexity index is 1130. The quantitative estimate of drug-likeness (QED) is 0.475. The first-order valence-electron chi connectivity index (χ1n) is 9.71. The predicted octanol–water partition coefficient (Wildman–Crippen LogP) is 3.12. The summed E-state index contributed by atoms with van der Waals surface area (Å²) < 4.78 is 10.3. The number of benzene rings is 2. The molecule has 0 bridgehead atoms. The molecule has 3 atom stereocenters. The van der Waals surface area contributed by atoms with Crippen LogP contribution in [0.1, 0.15) is 22.2 Å². The standard InChI is InChI=1S/C23H18N2O6/c1-29-23(28)14-9-11-15(12-10-14)24-21(26)18-19(17-8-5-13-30-17)25(31-20(18)22(24)27)16-6-3-2-4-7-16/h2-13,18-20H,1H3/t18-,19-,20+/m0/s1. The number of ether oxygens (including phenoxy) is 1. The van der Waals surface area contributed by atoms with E-state index in [2.05, 4.69) is 0 Å². The van der Waals surface area contributed by atoms with E-state index in [0.29, 0.717) is 22.7 Å². The monoisotopic (exact) mass is 418 g/mol. The maximum atomic E-state index is 13.4. The average Bonchev–Trinajstić information content (AvgIpc) is 3.51. The van der Waals surface area contributed by atoms with E-state index in [4.69, 9.17) is 14.0 Å². The Labute approximate surface area is 177 Å². The zero-order chi connectivity index (χ0) is 21.5. The highest BCUT2D eigenvalue weighted by Crippen LogP contribution is 2.47. The summed E-state index contributed by atoms with van der Waals surface area (Å²) in [7, 11) is 1.29. The number of nitrogens with zero attached hydrogens (tertiary/aromatic N) is 2. The van der Waals surface area contributed by atoms with Crippen LogP contribution in [0, 0.1) is 5.92 Å². The molecule has 2 fully saturated rings. The molecule has 3 heterocycles. The van der Waals surface area contributed by atoms with E-state index in [1.54, 1.807) is 29.3 Å². The molecule has 0 spiro atoms. The molecule has 2 saturated heterocycles. The molecule has 0 N–H and O–H groups in total. The topological polar surface area (TPSA) is 89.3 Å². The van der Waals surface area contributed by atoms with Gasteiger partial charge in [-0.3, -0.25) is 14.4 Å². The van der Waals surface area contributed by atoms with Gasteiger partial charge in [0.25, 0.3) is 5.91 Å². The number of methoxy groups -OCH3 is 1. The normalized spacial score (nSPS) is 22.7. The first-order valence-corrected chi connectivity index (χ1v) is 9.71. The average molecular weight is 418 g/mol. The van der Waals surface area contributed by atoms with E-state index in [9.17, 15) is 14.4 Å². The van der Waals surface area contributed by atoms with Crippen molar-refractivity contribution in [2.24, 2.45) is 5.92 Å². The van der Waals surface area contributed by atoms with E-state index >= 15 is 0 Å². The molecule has 2 amide bonds. The summed E-state index contributed by atoms with van der Waals surface area (Å²) in [6, 6.07) is 18.3. The number of rotatable bonds is 4. The van der Waals surface area contributed by atoms with Crippen molar-refractivity contribution in [1.29, 1.82) is 0 Å². The van der Waals surface area contributed by atoms with Crippen molar-refractivity contribution in [3.63, 3.8) is 0 Å². The summed E-state index contributed by atoms with van der Waals surface area (Å²) in [4.78, 5) is 45.4. The minimum absolute atomic E-state index is 0.325. The highest BCUT2D eigenvalue weighted by Gasteiger charge is 2.61. The van der Waals surface area contributed by atoms with Crippen LogP contribution in [0.3, 0.4) is 0 Å². The second-order valence-corrected chi connectivity index (χ2v) is 7.22. The van der Waals surface area contributed by atoms with Gasteiger partial charge >= 0.3 is 5.97 Å². The molecule has 0 aliphatic carbocycles. The smallest absolute Gasteiger partial charge is 0.337 e. The Morgan fingerprint density at radius 3 is 2.29 bits per heavy atom. The number of fused-ring (bicyclic) bond motifs is 1. The summed E-state index contributed by atoms with van der Waals surface area (Å²) in [6.07, 6.45) is 0.541. The number of carbonyl (C=O) groups is 3. The van der Waals surface area contributed by atoms with Crippen LogP contribution < -0.4 is 9.96 Å². The van der Waals surface area contributed by atoms with Crippen LogP contribution in [-0.4, -0.2) is 31.0 Å². The van der Waals surface area contributed by atoms with Crippen molar-refractivity contribution >= 4 is 29.2 Å². The number of anilines is 2. The third-order valence-electron chi connectivity index (χ3n) is 5.51. The number of hydrogen-bond donors (Lipinski definition) is 0. The Morgan fingerprint density at radius 1 is 0.903 bits per heavy atom. The molecular weight excluding hydrogens is 400 g/mol. The number of furan rings is 1. The van der Waals surface area contributed by atoms with E-state index in [1.807, 2.05) is 30.3 Å². The number of hydrogen-bond acceptors (Lipinski definition) is 7. The van der Waals surface area contributed by atoms with E-state index in [0.717, 1.165) is 4.90 Å². The summed E-state index contributed by atoms with van der Waals surface area (Å²) in [5.41, 5.74) is 1.41. The summed E-state index contributed by atoms with van der Waals surface area (Å²) in [5, 5.41) is 1.57. The molecule has 0 saturated carbocycles. The maximum Gasteiger partial charge on any atom is 0.337 e. The fraction of sp³-hybridized carbons (Fsp3) is 0.174. The van der Waals surface area contributed by atoms with Crippen LogP contribution in [0.5, 0.6) is 0 Å². The molecule has 8 heteroatoms. The van der Waals surface area contributed by atoms with E-state index < -0.39 is 29.9 Å². The molecule has 0 unspecified atom stereocenters. The lowest BCUT2D eigenvalue weighted by molar-refractivity contribution is -0.126. The van der Waals surface area contributed by atoms with Crippen LogP contribution in [-0.2, 0) is 19.2 Å². The maximum absolute atomic E-state index is 13.4. The fourth-order valence-corrected chi connectivity index (χ4v) is 4.08. The van der Waals surface area contributed by atoms with Gasteiger partial charge in [-0.2, -0.15) is 0 Å². The number of hydroxylamine groups is 1. The van der Waals surface area contributed by atoms with Crippen LogP contribution in [0.25, 0.3) is 0 Å². The lowest BCUT2D eigenvalue weighted by Gasteiger charge is -2.27. The minimum Gasteiger partial charge on any atom is -0.467 e. The first kappa shape index (κ1) is 19.1. The van der Waals surface area contributed by atoms with Crippen molar-refractivity contribution in [1.82, 2.24) is 0 Å². The Hall–Kier alpha value is -3.91. The molecule has 5 rings (SSSR count). The van der Waals surface area contributed by atoms with Crippen molar-refractivity contribution < 1.29 is 28.4 Å². The number of carbonyl (C=O) groups excluding carboxylic acids is 3. The zero-order valence-corrected chi connectivity index (χ0v) is 16.5. The summed E-state index contributed by atoms with van der Waals surface area (Å²) in [6.45, 7) is 0. The lowest BCUT2D eigenvalue weighted by Crippen LogP contribution is -2.37. The van der Waals surface area contributed by atoms with E-state index in [1.165, 1.54) is 25.5 Å². The van der Waals surface area contributed by atoms with Gasteiger partial charge in [0.15, 0.2) is 6.10 Å². The third kappa shape index (κ3) is 3.00. The van der Waals surface area contributed by atoms with Gasteiger partial charge in [0.2, 0.25) is 5.91 Å². The predicted molar refractivity (Wildman–Crippen MR) is 109 cm³/mol. The molecule has 3 aromatic rings. The SMILES string of the molecule is COC(=O)c1ccc(N2C(=O)[C@@H]3[C@@H](ON(c4ccccc4)[C@H]3c3ccco3)C2=O)cc1. The van der Waals surface area contributed by atoms with Crippen molar-refractivity contribution in [2.75, 3.05) is 17.1 Å². The van der Waals surface area contributed by atoms with Crippen LogP contribution >= 0.6 is 0 Å². The molecule has 156 valence electrons. The molecule has 8 nitrogen and oxygen atoms in total. The molecule has 1 aromatic heterocycles. The number of para-hydroxylation sites is 1. The van der Waals surface area contributed by atoms with Gasteiger partial charge in [-0.1, -0.05) is 18.2 Å².